The summed E-state index contributed by atoms with van der Waals surface area (Å²) in [6.07, 6.45) is 0.805. The summed E-state index contributed by atoms with van der Waals surface area (Å²) in [5.74, 6) is -0.862. The van der Waals surface area contributed by atoms with Crippen molar-refractivity contribution in [2.24, 2.45) is 5.92 Å². The van der Waals surface area contributed by atoms with Gasteiger partial charge in [-0.3, -0.25) is 4.79 Å². The van der Waals surface area contributed by atoms with E-state index in [1.807, 2.05) is 6.92 Å². The third-order valence-corrected chi connectivity index (χ3v) is 2.18. The van der Waals surface area contributed by atoms with Gasteiger partial charge in [-0.15, -0.1) is 0 Å². The van der Waals surface area contributed by atoms with Gasteiger partial charge in [-0.05, 0) is 5.92 Å². The van der Waals surface area contributed by atoms with Gasteiger partial charge < -0.3 is 20.5 Å². The third-order valence-electron chi connectivity index (χ3n) is 2.18. The summed E-state index contributed by atoms with van der Waals surface area (Å²) < 4.78 is 4.77. The first-order chi connectivity index (χ1) is 7.60. The average molecular weight is 232 g/mol. The van der Waals surface area contributed by atoms with E-state index in [2.05, 4.69) is 10.6 Å². The van der Waals surface area contributed by atoms with Crippen LogP contribution in [0.3, 0.4) is 0 Å². The van der Waals surface area contributed by atoms with Crippen molar-refractivity contribution in [1.82, 2.24) is 10.6 Å². The molecule has 0 rings (SSSR count). The van der Waals surface area contributed by atoms with Gasteiger partial charge in [0.05, 0.1) is 6.61 Å². The molecule has 0 aromatic heterocycles. The molecule has 2 amide bonds. The summed E-state index contributed by atoms with van der Waals surface area (Å²) in [7, 11) is 1.56. The molecule has 0 aliphatic rings. The maximum atomic E-state index is 11.2. The molecule has 0 aliphatic heterocycles. The molecule has 0 saturated heterocycles. The molecule has 94 valence electrons. The Bertz CT molecular complexity index is 221. The monoisotopic (exact) mass is 232 g/mol. The van der Waals surface area contributed by atoms with Gasteiger partial charge in [0.2, 0.25) is 0 Å². The number of rotatable bonds is 8. The third kappa shape index (κ3) is 8.05. The molecule has 6 nitrogen and oxygen atoms in total. The molecule has 16 heavy (non-hydrogen) atoms. The first kappa shape index (κ1) is 14.7. The van der Waals surface area contributed by atoms with Crippen LogP contribution in [0.1, 0.15) is 19.8 Å². The fourth-order valence-electron chi connectivity index (χ4n) is 1.17. The molecule has 6 heteroatoms. The number of carboxylic acids is 1. The highest BCUT2D eigenvalue weighted by Crippen LogP contribution is 2.06. The first-order valence-corrected chi connectivity index (χ1v) is 5.32. The highest BCUT2D eigenvalue weighted by Gasteiger charge is 2.11. The molecule has 1 unspecified atom stereocenters. The van der Waals surface area contributed by atoms with Gasteiger partial charge in [-0.25, -0.2) is 4.79 Å². The number of carbonyl (C=O) groups excluding carboxylic acids is 1. The number of nitrogens with one attached hydrogen (secondary N) is 2. The van der Waals surface area contributed by atoms with Gasteiger partial charge in [0.1, 0.15) is 0 Å². The van der Waals surface area contributed by atoms with E-state index in [1.165, 1.54) is 0 Å². The molecule has 0 aliphatic carbocycles. The van der Waals surface area contributed by atoms with E-state index < -0.39 is 5.97 Å². The van der Waals surface area contributed by atoms with E-state index in [-0.39, 0.29) is 18.4 Å². The Kier molecular flexibility index (Phi) is 8.24. The SMILES string of the molecule is CCC(CNC(=O)NCCOC)CC(=O)O. The molecule has 0 spiro atoms. The fraction of sp³-hybridized carbons (Fsp3) is 0.800. The fourth-order valence-corrected chi connectivity index (χ4v) is 1.17. The smallest absolute Gasteiger partial charge is 0.314 e. The molecule has 3 N–H and O–H groups in total. The zero-order valence-electron chi connectivity index (χ0n) is 9.78. The van der Waals surface area contributed by atoms with Crippen LogP contribution in [-0.4, -0.2) is 43.9 Å². The van der Waals surface area contributed by atoms with Crippen molar-refractivity contribution >= 4 is 12.0 Å². The van der Waals surface area contributed by atoms with Crippen LogP contribution in [0.15, 0.2) is 0 Å². The van der Waals surface area contributed by atoms with Crippen LogP contribution in [0.2, 0.25) is 0 Å². The molecule has 0 aromatic carbocycles. The lowest BCUT2D eigenvalue weighted by Crippen LogP contribution is -2.39. The summed E-state index contributed by atoms with van der Waals surface area (Å²) in [6.45, 7) is 3.18. The lowest BCUT2D eigenvalue weighted by atomic mass is 10.0. The molecule has 0 heterocycles. The molecule has 0 fully saturated rings. The summed E-state index contributed by atoms with van der Waals surface area (Å²) in [5, 5.41) is 13.8. The van der Waals surface area contributed by atoms with Crippen LogP contribution < -0.4 is 10.6 Å². The minimum absolute atomic E-state index is 0.0225. The van der Waals surface area contributed by atoms with Crippen molar-refractivity contribution in [2.45, 2.75) is 19.8 Å². The number of carbonyl (C=O) groups is 2. The number of methoxy groups -OCH3 is 1. The zero-order valence-corrected chi connectivity index (χ0v) is 9.78. The highest BCUT2D eigenvalue weighted by atomic mass is 16.5. The second kappa shape index (κ2) is 8.96. The van der Waals surface area contributed by atoms with Gasteiger partial charge in [0.25, 0.3) is 0 Å². The number of hydrogen-bond acceptors (Lipinski definition) is 3. The Morgan fingerprint density at radius 3 is 2.56 bits per heavy atom. The van der Waals surface area contributed by atoms with Gasteiger partial charge in [0.15, 0.2) is 0 Å². The van der Waals surface area contributed by atoms with Crippen molar-refractivity contribution < 1.29 is 19.4 Å². The number of ether oxygens (including phenoxy) is 1. The van der Waals surface area contributed by atoms with Gasteiger partial charge in [-0.1, -0.05) is 13.3 Å². The Morgan fingerprint density at radius 1 is 1.38 bits per heavy atom. The quantitative estimate of drug-likeness (QED) is 0.530. The van der Waals surface area contributed by atoms with Crippen LogP contribution in [-0.2, 0) is 9.53 Å². The first-order valence-electron chi connectivity index (χ1n) is 5.32. The molecule has 0 aromatic rings. The Morgan fingerprint density at radius 2 is 2.06 bits per heavy atom. The average Bonchev–Trinajstić information content (AvgIpc) is 2.24. The molecule has 0 radical (unpaired) electrons. The largest absolute Gasteiger partial charge is 0.481 e. The molecule has 0 bridgehead atoms. The van der Waals surface area contributed by atoms with Crippen LogP contribution in [0, 0.1) is 5.92 Å². The number of urea groups is 1. The summed E-state index contributed by atoms with van der Waals surface area (Å²) in [6, 6.07) is -0.291. The van der Waals surface area contributed by atoms with Crippen molar-refractivity contribution in [1.29, 1.82) is 0 Å². The van der Waals surface area contributed by atoms with Crippen LogP contribution in [0.4, 0.5) is 4.79 Å². The highest BCUT2D eigenvalue weighted by molar-refractivity contribution is 5.74. The van der Waals surface area contributed by atoms with Crippen molar-refractivity contribution in [2.75, 3.05) is 26.8 Å². The maximum absolute atomic E-state index is 11.2. The Labute approximate surface area is 95.4 Å². The van der Waals surface area contributed by atoms with Crippen LogP contribution >= 0.6 is 0 Å². The lowest BCUT2D eigenvalue weighted by Gasteiger charge is -2.13. The zero-order chi connectivity index (χ0) is 12.4. The standard InChI is InChI=1S/C10H20N2O4/c1-3-8(6-9(13)14)7-12-10(15)11-4-5-16-2/h8H,3-7H2,1-2H3,(H,13,14)(H2,11,12,15). The maximum Gasteiger partial charge on any atom is 0.314 e. The van der Waals surface area contributed by atoms with E-state index in [4.69, 9.17) is 9.84 Å². The van der Waals surface area contributed by atoms with E-state index in [0.717, 1.165) is 6.42 Å². The predicted octanol–water partition coefficient (Wildman–Crippen LogP) is 0.433. The van der Waals surface area contributed by atoms with E-state index >= 15 is 0 Å². The second-order valence-electron chi connectivity index (χ2n) is 3.50. The Balaban J connectivity index is 3.66. The Hall–Kier alpha value is -1.30. The number of amides is 2. The molecular weight excluding hydrogens is 212 g/mol. The van der Waals surface area contributed by atoms with Crippen molar-refractivity contribution in [3.63, 3.8) is 0 Å². The van der Waals surface area contributed by atoms with Crippen LogP contribution in [0.5, 0.6) is 0 Å². The van der Waals surface area contributed by atoms with Gasteiger partial charge >= 0.3 is 12.0 Å². The molecule has 0 saturated carbocycles. The number of hydrogen-bond donors (Lipinski definition) is 3. The minimum Gasteiger partial charge on any atom is -0.481 e. The van der Waals surface area contributed by atoms with Gasteiger partial charge in [0, 0.05) is 26.6 Å². The summed E-state index contributed by atoms with van der Waals surface area (Å²) >= 11 is 0. The number of aliphatic carboxylic acids is 1. The number of carboxylic acid groups (broad SMARTS) is 1. The van der Waals surface area contributed by atoms with Crippen molar-refractivity contribution in [3.8, 4) is 0 Å². The summed E-state index contributed by atoms with van der Waals surface area (Å²) in [4.78, 5) is 21.7. The second-order valence-corrected chi connectivity index (χ2v) is 3.50. The van der Waals surface area contributed by atoms with E-state index in [9.17, 15) is 9.59 Å². The van der Waals surface area contributed by atoms with Gasteiger partial charge in [-0.2, -0.15) is 0 Å². The predicted molar refractivity (Wildman–Crippen MR) is 59.3 cm³/mol. The van der Waals surface area contributed by atoms with E-state index in [1.54, 1.807) is 7.11 Å². The van der Waals surface area contributed by atoms with Crippen molar-refractivity contribution in [3.05, 3.63) is 0 Å². The normalized spacial score (nSPS) is 11.9. The molecule has 1 atom stereocenters. The van der Waals surface area contributed by atoms with E-state index in [0.29, 0.717) is 19.7 Å². The minimum atomic E-state index is -0.839. The summed E-state index contributed by atoms with van der Waals surface area (Å²) in [5.41, 5.74) is 0. The molecular formula is C10H20N2O4. The lowest BCUT2D eigenvalue weighted by molar-refractivity contribution is -0.138. The van der Waals surface area contributed by atoms with Crippen LogP contribution in [0.25, 0.3) is 0 Å². The topological polar surface area (TPSA) is 87.7 Å².